The lowest BCUT2D eigenvalue weighted by Crippen LogP contribution is -2.37. The summed E-state index contributed by atoms with van der Waals surface area (Å²) in [6.45, 7) is 6.50. The van der Waals surface area contributed by atoms with Crippen LogP contribution in [-0.2, 0) is 17.8 Å². The number of hydrogen-bond acceptors (Lipinski definition) is 5. The molecule has 0 saturated heterocycles. The summed E-state index contributed by atoms with van der Waals surface area (Å²) in [5, 5.41) is 12.0. The first kappa shape index (κ1) is 21.2. The molecule has 6 heteroatoms. The van der Waals surface area contributed by atoms with E-state index >= 15 is 0 Å². The van der Waals surface area contributed by atoms with Gasteiger partial charge in [-0.2, -0.15) is 5.26 Å². The molecular formula is C23H27N3O2S. The van der Waals surface area contributed by atoms with Gasteiger partial charge in [0.15, 0.2) is 0 Å². The zero-order chi connectivity index (χ0) is 20.6. The number of para-hydroxylation sites is 1. The normalized spacial score (nSPS) is 14.5. The molecule has 2 aromatic carbocycles. The zero-order valence-corrected chi connectivity index (χ0v) is 17.8. The van der Waals surface area contributed by atoms with Crippen LogP contribution in [0.25, 0.3) is 0 Å². The summed E-state index contributed by atoms with van der Waals surface area (Å²) >= 11 is 1.60. The van der Waals surface area contributed by atoms with Crippen LogP contribution in [0.1, 0.15) is 25.0 Å². The molecule has 0 bridgehead atoms. The minimum Gasteiger partial charge on any atom is -0.494 e. The molecule has 5 nitrogen and oxygen atoms in total. The summed E-state index contributed by atoms with van der Waals surface area (Å²) in [4.78, 5) is 15.8. The van der Waals surface area contributed by atoms with Crippen LogP contribution in [-0.4, -0.2) is 36.3 Å². The smallest absolute Gasteiger partial charge is 0.238 e. The maximum absolute atomic E-state index is 12.7. The van der Waals surface area contributed by atoms with Crippen molar-refractivity contribution in [2.75, 3.05) is 30.8 Å². The van der Waals surface area contributed by atoms with E-state index in [0.29, 0.717) is 18.9 Å². The molecule has 1 aliphatic rings. The first-order valence-corrected chi connectivity index (χ1v) is 11.0. The van der Waals surface area contributed by atoms with Gasteiger partial charge in [0.2, 0.25) is 5.91 Å². The van der Waals surface area contributed by atoms with E-state index in [1.807, 2.05) is 44.2 Å². The number of nitriles is 1. The Balaban J connectivity index is 1.59. The van der Waals surface area contributed by atoms with E-state index in [4.69, 9.17) is 10.00 Å². The van der Waals surface area contributed by atoms with Crippen LogP contribution in [0.2, 0.25) is 0 Å². The molecular weight excluding hydrogens is 382 g/mol. The van der Waals surface area contributed by atoms with Crippen molar-refractivity contribution in [1.82, 2.24) is 4.90 Å². The Bertz CT molecular complexity index is 894. The van der Waals surface area contributed by atoms with Crippen molar-refractivity contribution < 1.29 is 9.53 Å². The Morgan fingerprint density at radius 1 is 1.31 bits per heavy atom. The van der Waals surface area contributed by atoms with Gasteiger partial charge in [0, 0.05) is 23.7 Å². The molecule has 0 fully saturated rings. The summed E-state index contributed by atoms with van der Waals surface area (Å²) in [5.74, 6) is 1.54. The Hall–Kier alpha value is -2.49. The molecule has 0 radical (unpaired) electrons. The van der Waals surface area contributed by atoms with Crippen molar-refractivity contribution >= 4 is 23.4 Å². The fourth-order valence-electron chi connectivity index (χ4n) is 3.32. The number of rotatable bonds is 8. The van der Waals surface area contributed by atoms with Crippen LogP contribution < -0.4 is 10.1 Å². The van der Waals surface area contributed by atoms with Gasteiger partial charge in [0.25, 0.3) is 0 Å². The molecule has 0 saturated carbocycles. The molecule has 0 aromatic heterocycles. The Morgan fingerprint density at radius 2 is 2.14 bits per heavy atom. The second-order valence-corrected chi connectivity index (χ2v) is 8.27. The molecule has 1 aliphatic heterocycles. The van der Waals surface area contributed by atoms with Gasteiger partial charge in [-0.3, -0.25) is 9.69 Å². The van der Waals surface area contributed by atoms with E-state index in [-0.39, 0.29) is 11.8 Å². The number of carbonyl (C=O) groups is 1. The number of nitrogens with zero attached hydrogens (tertiary/aromatic N) is 2. The predicted octanol–water partition coefficient (Wildman–Crippen LogP) is 4.33. The molecule has 152 valence electrons. The molecule has 2 aromatic rings. The lowest BCUT2D eigenvalue weighted by molar-refractivity contribution is -0.117. The number of amides is 1. The average Bonchev–Trinajstić information content (AvgIpc) is 2.72. The van der Waals surface area contributed by atoms with Gasteiger partial charge in [0.05, 0.1) is 30.8 Å². The number of hydrogen-bond donors (Lipinski definition) is 1. The van der Waals surface area contributed by atoms with Crippen LogP contribution >= 0.6 is 11.8 Å². The minimum atomic E-state index is -0.0289. The van der Waals surface area contributed by atoms with Crippen LogP contribution in [0.15, 0.2) is 47.4 Å². The third-order valence-corrected chi connectivity index (χ3v) is 6.15. The van der Waals surface area contributed by atoms with Crippen molar-refractivity contribution in [3.63, 3.8) is 0 Å². The molecule has 1 N–H and O–H groups in total. The predicted molar refractivity (Wildman–Crippen MR) is 117 cm³/mol. The summed E-state index contributed by atoms with van der Waals surface area (Å²) in [5.41, 5.74) is 3.37. The monoisotopic (exact) mass is 409 g/mol. The summed E-state index contributed by atoms with van der Waals surface area (Å²) in [6, 6.07) is 16.3. The van der Waals surface area contributed by atoms with E-state index in [1.165, 1.54) is 11.1 Å². The fourth-order valence-corrected chi connectivity index (χ4v) is 4.28. The summed E-state index contributed by atoms with van der Waals surface area (Å²) in [7, 11) is 0. The molecule has 1 unspecified atom stereocenters. The Kier molecular flexibility index (Phi) is 7.56. The van der Waals surface area contributed by atoms with Crippen molar-refractivity contribution in [2.24, 2.45) is 5.92 Å². The van der Waals surface area contributed by atoms with Crippen molar-refractivity contribution in [3.8, 4) is 11.8 Å². The number of thioether (sulfide) groups is 1. The maximum atomic E-state index is 12.7. The fraction of sp³-hybridized carbons (Fsp3) is 0.391. The standard InChI is InChI=1S/C23H27N3O2S/c1-3-28-20-9-8-18-10-11-26(14-19(18)12-20)15-23(27)25-21-6-4-5-7-22(21)29-16-17(2)13-24/h4-9,12,17H,3,10-11,14-16H2,1-2H3,(H,25,27). The van der Waals surface area contributed by atoms with E-state index in [0.717, 1.165) is 35.8 Å². The van der Waals surface area contributed by atoms with Gasteiger partial charge in [-0.05, 0) is 55.7 Å². The number of fused-ring (bicyclic) bond motifs is 1. The second kappa shape index (κ2) is 10.3. The van der Waals surface area contributed by atoms with Crippen LogP contribution in [0.3, 0.4) is 0 Å². The first-order valence-electron chi connectivity index (χ1n) is 9.97. The molecule has 3 rings (SSSR count). The zero-order valence-electron chi connectivity index (χ0n) is 17.0. The number of benzene rings is 2. The summed E-state index contributed by atoms with van der Waals surface area (Å²) < 4.78 is 5.61. The maximum Gasteiger partial charge on any atom is 0.238 e. The third-order valence-electron chi connectivity index (χ3n) is 4.82. The topological polar surface area (TPSA) is 65.4 Å². The van der Waals surface area contributed by atoms with E-state index in [2.05, 4.69) is 28.4 Å². The minimum absolute atomic E-state index is 0.0178. The number of nitrogens with one attached hydrogen (secondary N) is 1. The molecule has 29 heavy (non-hydrogen) atoms. The molecule has 0 spiro atoms. The molecule has 1 heterocycles. The van der Waals surface area contributed by atoms with Crippen LogP contribution in [0, 0.1) is 17.2 Å². The number of ether oxygens (including phenoxy) is 1. The lowest BCUT2D eigenvalue weighted by atomic mass is 9.99. The highest BCUT2D eigenvalue weighted by atomic mass is 32.2. The SMILES string of the molecule is CCOc1ccc2c(c1)CN(CC(=O)Nc1ccccc1SCC(C)C#N)CC2. The molecule has 0 aliphatic carbocycles. The van der Waals surface area contributed by atoms with E-state index < -0.39 is 0 Å². The Morgan fingerprint density at radius 3 is 2.93 bits per heavy atom. The van der Waals surface area contributed by atoms with Crippen LogP contribution in [0.4, 0.5) is 5.69 Å². The Labute approximate surface area is 177 Å². The first-order chi connectivity index (χ1) is 14.1. The van der Waals surface area contributed by atoms with E-state index in [1.54, 1.807) is 11.8 Å². The van der Waals surface area contributed by atoms with Gasteiger partial charge in [0.1, 0.15) is 5.75 Å². The van der Waals surface area contributed by atoms with Crippen LogP contribution in [0.5, 0.6) is 5.75 Å². The van der Waals surface area contributed by atoms with Crippen molar-refractivity contribution in [3.05, 3.63) is 53.6 Å². The number of anilines is 1. The quantitative estimate of drug-likeness (QED) is 0.657. The summed E-state index contributed by atoms with van der Waals surface area (Å²) in [6.07, 6.45) is 0.938. The highest BCUT2D eigenvalue weighted by Crippen LogP contribution is 2.29. The van der Waals surface area contributed by atoms with Crippen molar-refractivity contribution in [2.45, 2.75) is 31.7 Å². The van der Waals surface area contributed by atoms with Gasteiger partial charge < -0.3 is 10.1 Å². The average molecular weight is 410 g/mol. The second-order valence-electron chi connectivity index (χ2n) is 7.21. The van der Waals surface area contributed by atoms with Gasteiger partial charge in [-0.1, -0.05) is 18.2 Å². The molecule has 1 atom stereocenters. The van der Waals surface area contributed by atoms with Gasteiger partial charge in [-0.15, -0.1) is 11.8 Å². The highest BCUT2D eigenvalue weighted by Gasteiger charge is 2.19. The third kappa shape index (κ3) is 5.99. The highest BCUT2D eigenvalue weighted by molar-refractivity contribution is 7.99. The van der Waals surface area contributed by atoms with Crippen molar-refractivity contribution in [1.29, 1.82) is 5.26 Å². The van der Waals surface area contributed by atoms with E-state index in [9.17, 15) is 4.79 Å². The van der Waals surface area contributed by atoms with Gasteiger partial charge in [-0.25, -0.2) is 0 Å². The largest absolute Gasteiger partial charge is 0.494 e. The lowest BCUT2D eigenvalue weighted by Gasteiger charge is -2.28. The number of carbonyl (C=O) groups excluding carboxylic acids is 1. The molecule has 1 amide bonds. The van der Waals surface area contributed by atoms with Gasteiger partial charge >= 0.3 is 0 Å².